The van der Waals surface area contributed by atoms with E-state index in [2.05, 4.69) is 0 Å². The Morgan fingerprint density at radius 1 is 1.17 bits per heavy atom. The quantitative estimate of drug-likeness (QED) is 0.610. The van der Waals surface area contributed by atoms with Gasteiger partial charge in [-0.25, -0.2) is 0 Å². The average Bonchev–Trinajstić information content (AvgIpc) is 2.50. The Kier molecular flexibility index (Phi) is 5.24. The molecule has 0 saturated heterocycles. The number of nitrogens with zero attached hydrogens (tertiary/aromatic N) is 1. The molecule has 24 heavy (non-hydrogen) atoms. The molecule has 0 bridgehead atoms. The van der Waals surface area contributed by atoms with Crippen LogP contribution < -0.4 is 5.73 Å². The SMILES string of the molecule is Cc1c(N)c(-c2ccc(Cl)c(C(F)(F)F)c2)c(Cl)c(CC#N)c1Cl. The molecule has 0 fully saturated rings. The number of halogens is 6. The van der Waals surface area contributed by atoms with Crippen molar-refractivity contribution in [3.8, 4) is 17.2 Å². The summed E-state index contributed by atoms with van der Waals surface area (Å²) in [6.07, 6.45) is -4.71. The summed E-state index contributed by atoms with van der Waals surface area (Å²) < 4.78 is 39.2. The first-order valence-corrected chi connectivity index (χ1v) is 7.73. The fourth-order valence-corrected chi connectivity index (χ4v) is 3.22. The number of alkyl halides is 3. The molecular weight excluding hydrogens is 384 g/mol. The summed E-state index contributed by atoms with van der Waals surface area (Å²) in [7, 11) is 0. The predicted octanol–water partition coefficient (Wildman–Crippen LogP) is 6.29. The van der Waals surface area contributed by atoms with Crippen LogP contribution in [0.1, 0.15) is 16.7 Å². The number of hydrogen-bond donors (Lipinski definition) is 1. The fraction of sp³-hybridized carbons (Fsp3) is 0.188. The summed E-state index contributed by atoms with van der Waals surface area (Å²) in [5.74, 6) is 0. The molecule has 0 spiro atoms. The van der Waals surface area contributed by atoms with Crippen LogP contribution in [-0.4, -0.2) is 0 Å². The van der Waals surface area contributed by atoms with Crippen LogP contribution in [0.5, 0.6) is 0 Å². The first-order valence-electron chi connectivity index (χ1n) is 6.59. The first-order chi connectivity index (χ1) is 11.1. The van der Waals surface area contributed by atoms with Gasteiger partial charge in [-0.3, -0.25) is 0 Å². The van der Waals surface area contributed by atoms with Crippen LogP contribution in [0.25, 0.3) is 11.1 Å². The Morgan fingerprint density at radius 2 is 1.79 bits per heavy atom. The van der Waals surface area contributed by atoms with Crippen LogP contribution in [0.3, 0.4) is 0 Å². The first kappa shape index (κ1) is 18.7. The van der Waals surface area contributed by atoms with Gasteiger partial charge in [-0.05, 0) is 30.2 Å². The van der Waals surface area contributed by atoms with E-state index in [1.54, 1.807) is 6.92 Å². The van der Waals surface area contributed by atoms with Gasteiger partial charge >= 0.3 is 6.18 Å². The zero-order valence-corrected chi connectivity index (χ0v) is 14.5. The van der Waals surface area contributed by atoms with Crippen LogP contribution in [0.4, 0.5) is 18.9 Å². The molecule has 0 amide bonds. The summed E-state index contributed by atoms with van der Waals surface area (Å²) in [4.78, 5) is 0. The Morgan fingerprint density at radius 3 is 2.33 bits per heavy atom. The minimum atomic E-state index is -4.62. The Labute approximate surface area is 151 Å². The van der Waals surface area contributed by atoms with Crippen molar-refractivity contribution in [1.82, 2.24) is 0 Å². The topological polar surface area (TPSA) is 49.8 Å². The Balaban J connectivity index is 2.81. The fourth-order valence-electron chi connectivity index (χ4n) is 2.31. The standard InChI is InChI=1S/C16H10Cl3F3N2/c1-7-13(18)9(4-5-23)14(19)12(15(7)24)8-2-3-11(17)10(6-8)16(20,21)22/h2-3,6H,4,24H2,1H3. The maximum Gasteiger partial charge on any atom is 0.417 e. The van der Waals surface area contributed by atoms with Crippen LogP contribution in [0, 0.1) is 18.3 Å². The van der Waals surface area contributed by atoms with Gasteiger partial charge < -0.3 is 5.73 Å². The molecule has 0 aliphatic carbocycles. The number of hydrogen-bond acceptors (Lipinski definition) is 2. The number of nitrogens with two attached hydrogens (primary N) is 1. The summed E-state index contributed by atoms with van der Waals surface area (Å²) >= 11 is 18.1. The van der Waals surface area contributed by atoms with Crippen LogP contribution in [0.15, 0.2) is 18.2 Å². The second-order valence-electron chi connectivity index (χ2n) is 5.05. The van der Waals surface area contributed by atoms with E-state index in [4.69, 9.17) is 45.8 Å². The van der Waals surface area contributed by atoms with E-state index in [9.17, 15) is 13.2 Å². The molecule has 8 heteroatoms. The molecule has 0 aliphatic heterocycles. The third-order valence-electron chi connectivity index (χ3n) is 3.57. The second kappa shape index (κ2) is 6.72. The Bertz CT molecular complexity index is 855. The van der Waals surface area contributed by atoms with Gasteiger partial charge in [-0.1, -0.05) is 40.9 Å². The summed E-state index contributed by atoms with van der Waals surface area (Å²) in [5, 5.41) is 8.77. The van der Waals surface area contributed by atoms with Crippen molar-refractivity contribution in [2.24, 2.45) is 0 Å². The summed E-state index contributed by atoms with van der Waals surface area (Å²) in [5.41, 5.74) is 6.29. The maximum absolute atomic E-state index is 13.1. The van der Waals surface area contributed by atoms with E-state index >= 15 is 0 Å². The van der Waals surface area contributed by atoms with E-state index < -0.39 is 16.8 Å². The van der Waals surface area contributed by atoms with Gasteiger partial charge in [0.1, 0.15) is 0 Å². The third-order valence-corrected chi connectivity index (χ3v) is 4.83. The highest BCUT2D eigenvalue weighted by Crippen LogP contribution is 2.45. The molecule has 0 saturated carbocycles. The van der Waals surface area contributed by atoms with Crippen molar-refractivity contribution >= 4 is 40.5 Å². The largest absolute Gasteiger partial charge is 0.417 e. The molecule has 0 aromatic heterocycles. The zero-order valence-electron chi connectivity index (χ0n) is 12.2. The number of anilines is 1. The lowest BCUT2D eigenvalue weighted by Crippen LogP contribution is -2.07. The molecule has 2 rings (SSSR count). The molecule has 126 valence electrons. The lowest BCUT2D eigenvalue weighted by Gasteiger charge is -2.18. The van der Waals surface area contributed by atoms with Crippen molar-refractivity contribution in [3.05, 3.63) is 50.0 Å². The molecular formula is C16H10Cl3F3N2. The number of nitriles is 1. The van der Waals surface area contributed by atoms with E-state index in [1.807, 2.05) is 6.07 Å². The van der Waals surface area contributed by atoms with Gasteiger partial charge in [-0.2, -0.15) is 18.4 Å². The molecule has 2 nitrogen and oxygen atoms in total. The molecule has 2 aromatic carbocycles. The van der Waals surface area contributed by atoms with Crippen LogP contribution in [-0.2, 0) is 12.6 Å². The lowest BCUT2D eigenvalue weighted by molar-refractivity contribution is -0.137. The van der Waals surface area contributed by atoms with Crippen molar-refractivity contribution in [2.75, 3.05) is 5.73 Å². The molecule has 0 radical (unpaired) electrons. The lowest BCUT2D eigenvalue weighted by atomic mass is 9.95. The summed E-state index contributed by atoms with van der Waals surface area (Å²) in [6.45, 7) is 1.61. The Hall–Kier alpha value is -1.61. The van der Waals surface area contributed by atoms with Crippen molar-refractivity contribution < 1.29 is 13.2 Å². The molecule has 0 heterocycles. The van der Waals surface area contributed by atoms with Gasteiger partial charge in [0.2, 0.25) is 0 Å². The van der Waals surface area contributed by atoms with E-state index in [0.29, 0.717) is 11.1 Å². The van der Waals surface area contributed by atoms with E-state index in [1.165, 1.54) is 6.07 Å². The molecule has 0 unspecified atom stereocenters. The van der Waals surface area contributed by atoms with Crippen LogP contribution in [0.2, 0.25) is 15.1 Å². The van der Waals surface area contributed by atoms with Crippen molar-refractivity contribution in [2.45, 2.75) is 19.5 Å². The van der Waals surface area contributed by atoms with E-state index in [-0.39, 0.29) is 33.3 Å². The van der Waals surface area contributed by atoms with Crippen LogP contribution >= 0.6 is 34.8 Å². The highest BCUT2D eigenvalue weighted by Gasteiger charge is 2.34. The molecule has 0 atom stereocenters. The highest BCUT2D eigenvalue weighted by atomic mass is 35.5. The normalized spacial score (nSPS) is 11.4. The van der Waals surface area contributed by atoms with Gasteiger partial charge in [-0.15, -0.1) is 0 Å². The number of benzene rings is 2. The van der Waals surface area contributed by atoms with Crippen molar-refractivity contribution in [1.29, 1.82) is 5.26 Å². The highest BCUT2D eigenvalue weighted by molar-refractivity contribution is 6.39. The number of rotatable bonds is 2. The third kappa shape index (κ3) is 3.27. The molecule has 2 aromatic rings. The second-order valence-corrected chi connectivity index (χ2v) is 6.21. The minimum absolute atomic E-state index is 0.0556. The van der Waals surface area contributed by atoms with Gasteiger partial charge in [0, 0.05) is 16.8 Å². The predicted molar refractivity (Wildman–Crippen MR) is 90.4 cm³/mol. The minimum Gasteiger partial charge on any atom is -0.398 e. The molecule has 0 aliphatic rings. The van der Waals surface area contributed by atoms with Gasteiger partial charge in [0.25, 0.3) is 0 Å². The maximum atomic E-state index is 13.1. The van der Waals surface area contributed by atoms with Crippen molar-refractivity contribution in [3.63, 3.8) is 0 Å². The van der Waals surface area contributed by atoms with Gasteiger partial charge in [0.05, 0.1) is 33.1 Å². The zero-order chi connectivity index (χ0) is 18.2. The smallest absolute Gasteiger partial charge is 0.398 e. The number of nitrogen functional groups attached to an aromatic ring is 1. The average molecular weight is 394 g/mol. The summed E-state index contributed by atoms with van der Waals surface area (Å²) in [6, 6.07) is 5.32. The molecule has 2 N–H and O–H groups in total. The monoisotopic (exact) mass is 392 g/mol. The van der Waals surface area contributed by atoms with E-state index in [0.717, 1.165) is 12.1 Å². The van der Waals surface area contributed by atoms with Gasteiger partial charge in [0.15, 0.2) is 0 Å².